The van der Waals surface area contributed by atoms with E-state index in [2.05, 4.69) is 4.98 Å². The third-order valence-corrected chi connectivity index (χ3v) is 2.83. The van der Waals surface area contributed by atoms with Crippen LogP contribution in [0.3, 0.4) is 0 Å². The summed E-state index contributed by atoms with van der Waals surface area (Å²) in [4.78, 5) is 15.3. The first-order valence-electron chi connectivity index (χ1n) is 6.02. The predicted molar refractivity (Wildman–Crippen MR) is 72.4 cm³/mol. The van der Waals surface area contributed by atoms with E-state index in [-0.39, 0.29) is 5.69 Å². The molecule has 0 atom stereocenters. The second kappa shape index (κ2) is 5.49. The van der Waals surface area contributed by atoms with E-state index in [4.69, 9.17) is 5.73 Å². The van der Waals surface area contributed by atoms with Crippen LogP contribution in [0.15, 0.2) is 41.5 Å². The molecule has 1 aromatic heterocycles. The number of rotatable bonds is 4. The Morgan fingerprint density at radius 1 is 1.28 bits per heavy atom. The molecule has 0 amide bonds. The van der Waals surface area contributed by atoms with Gasteiger partial charge in [-0.2, -0.15) is 0 Å². The lowest BCUT2D eigenvalue weighted by atomic mass is 10.1. The molecule has 2 aromatic rings. The van der Waals surface area contributed by atoms with E-state index in [1.165, 1.54) is 5.56 Å². The molecule has 0 aliphatic heterocycles. The summed E-state index contributed by atoms with van der Waals surface area (Å²) in [5.41, 5.74) is 8.46. The van der Waals surface area contributed by atoms with Crippen molar-refractivity contribution in [1.82, 2.24) is 9.55 Å². The highest BCUT2D eigenvalue weighted by Gasteiger charge is 1.98. The third kappa shape index (κ3) is 3.20. The Bertz CT molecular complexity index is 572. The number of anilines is 1. The number of hydrogen-bond donors (Lipinski definition) is 1. The van der Waals surface area contributed by atoms with Gasteiger partial charge in [0.2, 0.25) is 0 Å². The second-order valence-electron chi connectivity index (χ2n) is 4.45. The van der Waals surface area contributed by atoms with Crippen LogP contribution in [0, 0.1) is 6.92 Å². The molecule has 1 aromatic carbocycles. The van der Waals surface area contributed by atoms with Crippen LogP contribution in [0.25, 0.3) is 0 Å². The number of nitrogens with zero attached hydrogens (tertiary/aromatic N) is 2. The molecule has 4 heteroatoms. The SMILES string of the molecule is Cc1cnc(=O)n(CCCc2ccc(N)cc2)c1. The van der Waals surface area contributed by atoms with Gasteiger partial charge in [0.05, 0.1) is 0 Å². The minimum atomic E-state index is -0.182. The Morgan fingerprint density at radius 2 is 2.00 bits per heavy atom. The molecule has 0 saturated carbocycles. The topological polar surface area (TPSA) is 60.9 Å². The van der Waals surface area contributed by atoms with Crippen molar-refractivity contribution in [3.05, 3.63) is 58.3 Å². The maximum atomic E-state index is 11.5. The fraction of sp³-hybridized carbons (Fsp3) is 0.286. The van der Waals surface area contributed by atoms with Gasteiger partial charge < -0.3 is 5.73 Å². The summed E-state index contributed by atoms with van der Waals surface area (Å²) in [6, 6.07) is 7.84. The molecule has 0 saturated heterocycles. The average molecular weight is 243 g/mol. The lowest BCUT2D eigenvalue weighted by Crippen LogP contribution is -2.22. The lowest BCUT2D eigenvalue weighted by Gasteiger charge is -2.06. The normalized spacial score (nSPS) is 10.5. The highest BCUT2D eigenvalue weighted by molar-refractivity contribution is 5.39. The number of nitrogens with two attached hydrogens (primary N) is 1. The van der Waals surface area contributed by atoms with Crippen LogP contribution in [-0.4, -0.2) is 9.55 Å². The van der Waals surface area contributed by atoms with E-state index in [1.807, 2.05) is 37.4 Å². The van der Waals surface area contributed by atoms with Crippen molar-refractivity contribution in [2.45, 2.75) is 26.3 Å². The monoisotopic (exact) mass is 243 g/mol. The number of hydrogen-bond acceptors (Lipinski definition) is 3. The summed E-state index contributed by atoms with van der Waals surface area (Å²) in [6.45, 7) is 2.63. The third-order valence-electron chi connectivity index (χ3n) is 2.83. The second-order valence-corrected chi connectivity index (χ2v) is 4.45. The van der Waals surface area contributed by atoms with Crippen LogP contribution < -0.4 is 11.4 Å². The van der Waals surface area contributed by atoms with Gasteiger partial charge in [-0.05, 0) is 43.0 Å². The molecular weight excluding hydrogens is 226 g/mol. The van der Waals surface area contributed by atoms with Crippen molar-refractivity contribution < 1.29 is 0 Å². The van der Waals surface area contributed by atoms with Gasteiger partial charge in [-0.25, -0.2) is 9.78 Å². The molecule has 18 heavy (non-hydrogen) atoms. The van der Waals surface area contributed by atoms with E-state index in [0.717, 1.165) is 24.1 Å². The van der Waals surface area contributed by atoms with Crippen LogP contribution in [-0.2, 0) is 13.0 Å². The minimum absolute atomic E-state index is 0.182. The zero-order valence-corrected chi connectivity index (χ0v) is 10.5. The minimum Gasteiger partial charge on any atom is -0.399 e. The molecule has 0 fully saturated rings. The number of aromatic nitrogens is 2. The lowest BCUT2D eigenvalue weighted by molar-refractivity contribution is 0.605. The molecule has 0 spiro atoms. The van der Waals surface area contributed by atoms with Gasteiger partial charge in [-0.1, -0.05) is 12.1 Å². The summed E-state index contributed by atoms with van der Waals surface area (Å²) >= 11 is 0. The van der Waals surface area contributed by atoms with Crippen LogP contribution >= 0.6 is 0 Å². The number of aryl methyl sites for hydroxylation is 3. The zero-order chi connectivity index (χ0) is 13.0. The molecule has 0 aliphatic rings. The summed E-state index contributed by atoms with van der Waals surface area (Å²) in [6.07, 6.45) is 5.28. The first kappa shape index (κ1) is 12.4. The highest BCUT2D eigenvalue weighted by atomic mass is 16.1. The molecule has 1 heterocycles. The molecule has 0 unspecified atom stereocenters. The van der Waals surface area contributed by atoms with E-state index < -0.39 is 0 Å². The Balaban J connectivity index is 1.94. The Labute approximate surface area is 106 Å². The average Bonchev–Trinajstić information content (AvgIpc) is 2.36. The fourth-order valence-electron chi connectivity index (χ4n) is 1.86. The van der Waals surface area contributed by atoms with Crippen LogP contribution in [0.5, 0.6) is 0 Å². The van der Waals surface area contributed by atoms with Crippen molar-refractivity contribution in [3.8, 4) is 0 Å². The fourth-order valence-corrected chi connectivity index (χ4v) is 1.86. The van der Waals surface area contributed by atoms with E-state index >= 15 is 0 Å². The maximum absolute atomic E-state index is 11.5. The van der Waals surface area contributed by atoms with E-state index in [0.29, 0.717) is 6.54 Å². The van der Waals surface area contributed by atoms with Gasteiger partial charge in [-0.15, -0.1) is 0 Å². The van der Waals surface area contributed by atoms with Crippen molar-refractivity contribution in [2.75, 3.05) is 5.73 Å². The van der Waals surface area contributed by atoms with Gasteiger partial charge in [0.15, 0.2) is 0 Å². The smallest absolute Gasteiger partial charge is 0.347 e. The zero-order valence-electron chi connectivity index (χ0n) is 10.5. The first-order chi connectivity index (χ1) is 8.65. The van der Waals surface area contributed by atoms with Crippen molar-refractivity contribution in [3.63, 3.8) is 0 Å². The van der Waals surface area contributed by atoms with Crippen molar-refractivity contribution >= 4 is 5.69 Å². The highest BCUT2D eigenvalue weighted by Crippen LogP contribution is 2.08. The Kier molecular flexibility index (Phi) is 3.77. The van der Waals surface area contributed by atoms with Crippen LogP contribution in [0.4, 0.5) is 5.69 Å². The molecule has 2 rings (SSSR count). The summed E-state index contributed by atoms with van der Waals surface area (Å²) in [5.74, 6) is 0. The molecule has 0 aliphatic carbocycles. The summed E-state index contributed by atoms with van der Waals surface area (Å²) in [5, 5.41) is 0. The Morgan fingerprint density at radius 3 is 2.72 bits per heavy atom. The van der Waals surface area contributed by atoms with Crippen LogP contribution in [0.1, 0.15) is 17.5 Å². The van der Waals surface area contributed by atoms with Crippen LogP contribution in [0.2, 0.25) is 0 Å². The maximum Gasteiger partial charge on any atom is 0.347 e. The van der Waals surface area contributed by atoms with Gasteiger partial charge in [0, 0.05) is 24.6 Å². The van der Waals surface area contributed by atoms with Crippen molar-refractivity contribution in [2.24, 2.45) is 0 Å². The standard InChI is InChI=1S/C14H17N3O/c1-11-9-16-14(18)17(10-11)8-2-3-12-4-6-13(15)7-5-12/h4-7,9-10H,2-3,8,15H2,1H3. The quantitative estimate of drug-likeness (QED) is 0.832. The van der Waals surface area contributed by atoms with Gasteiger partial charge in [0.1, 0.15) is 0 Å². The Hall–Kier alpha value is -2.10. The largest absolute Gasteiger partial charge is 0.399 e. The van der Waals surface area contributed by atoms with Gasteiger partial charge in [-0.3, -0.25) is 4.57 Å². The molecule has 4 nitrogen and oxygen atoms in total. The van der Waals surface area contributed by atoms with Gasteiger partial charge >= 0.3 is 5.69 Å². The molecule has 2 N–H and O–H groups in total. The molecular formula is C14H17N3O. The molecule has 0 radical (unpaired) electrons. The van der Waals surface area contributed by atoms with Crippen molar-refractivity contribution in [1.29, 1.82) is 0 Å². The van der Waals surface area contributed by atoms with E-state index in [1.54, 1.807) is 10.8 Å². The number of benzene rings is 1. The van der Waals surface area contributed by atoms with E-state index in [9.17, 15) is 4.79 Å². The molecule has 94 valence electrons. The van der Waals surface area contributed by atoms with Gasteiger partial charge in [0.25, 0.3) is 0 Å². The summed E-state index contributed by atoms with van der Waals surface area (Å²) < 4.78 is 1.66. The predicted octanol–water partition coefficient (Wildman–Crippen LogP) is 1.77. The summed E-state index contributed by atoms with van der Waals surface area (Å²) in [7, 11) is 0. The number of nitrogen functional groups attached to an aromatic ring is 1. The molecule has 0 bridgehead atoms. The first-order valence-corrected chi connectivity index (χ1v) is 6.02.